The normalized spacial score (nSPS) is 15.0. The molecule has 7 heteroatoms. The van der Waals surface area contributed by atoms with Gasteiger partial charge in [0, 0.05) is 26.2 Å². The van der Waals surface area contributed by atoms with Crippen LogP contribution in [0.25, 0.3) is 10.2 Å². The summed E-state index contributed by atoms with van der Waals surface area (Å²) < 4.78 is 6.36. The largest absolute Gasteiger partial charge is 0.506 e. The van der Waals surface area contributed by atoms with Crippen molar-refractivity contribution in [3.8, 4) is 11.5 Å². The Morgan fingerprint density at radius 1 is 1.08 bits per heavy atom. The summed E-state index contributed by atoms with van der Waals surface area (Å²) in [4.78, 5) is 9.21. The quantitative estimate of drug-likeness (QED) is 0.750. The van der Waals surface area contributed by atoms with Crippen LogP contribution < -0.4 is 14.5 Å². The molecule has 0 aliphatic carbocycles. The van der Waals surface area contributed by atoms with Gasteiger partial charge in [-0.15, -0.1) is 0 Å². The molecule has 4 rings (SSSR count). The lowest BCUT2D eigenvalue weighted by molar-refractivity contribution is 0.419. The van der Waals surface area contributed by atoms with Gasteiger partial charge in [-0.2, -0.15) is 0 Å². The molecule has 2 heterocycles. The van der Waals surface area contributed by atoms with Crippen molar-refractivity contribution in [1.82, 2.24) is 4.98 Å². The third kappa shape index (κ3) is 2.96. The number of nitrogens with zero attached hydrogens (tertiary/aromatic N) is 3. The Bertz CT molecular complexity index is 906. The Kier molecular flexibility index (Phi) is 4.31. The van der Waals surface area contributed by atoms with E-state index in [1.54, 1.807) is 24.5 Å². The van der Waals surface area contributed by atoms with Crippen LogP contribution in [0.5, 0.6) is 11.5 Å². The monoisotopic (exact) mass is 375 g/mol. The van der Waals surface area contributed by atoms with Crippen LogP contribution in [0.3, 0.4) is 0 Å². The number of hydrogen-bond donors (Lipinski definition) is 1. The molecular formula is C18H18ClN3O2S. The highest BCUT2D eigenvalue weighted by molar-refractivity contribution is 7.22. The van der Waals surface area contributed by atoms with Gasteiger partial charge in [0.15, 0.2) is 5.13 Å². The Morgan fingerprint density at radius 2 is 1.80 bits per heavy atom. The summed E-state index contributed by atoms with van der Waals surface area (Å²) in [6.07, 6.45) is 0. The van der Waals surface area contributed by atoms with E-state index in [1.807, 2.05) is 30.3 Å². The van der Waals surface area contributed by atoms with Crippen molar-refractivity contribution in [3.63, 3.8) is 0 Å². The zero-order valence-electron chi connectivity index (χ0n) is 13.8. The Balaban J connectivity index is 1.56. The Morgan fingerprint density at radius 3 is 2.52 bits per heavy atom. The summed E-state index contributed by atoms with van der Waals surface area (Å²) in [5, 5.41) is 11.7. The average Bonchev–Trinajstić information content (AvgIpc) is 3.09. The number of halogens is 1. The van der Waals surface area contributed by atoms with E-state index in [2.05, 4.69) is 9.80 Å². The van der Waals surface area contributed by atoms with Crippen LogP contribution in [0.4, 0.5) is 10.8 Å². The molecule has 1 N–H and O–H groups in total. The van der Waals surface area contributed by atoms with E-state index in [0.717, 1.165) is 53.0 Å². The first kappa shape index (κ1) is 16.3. The van der Waals surface area contributed by atoms with Gasteiger partial charge in [0.2, 0.25) is 0 Å². The number of benzene rings is 2. The van der Waals surface area contributed by atoms with E-state index in [-0.39, 0.29) is 0 Å². The molecule has 2 aromatic carbocycles. The predicted octanol–water partition coefficient (Wildman–Crippen LogP) is 3.99. The second-order valence-corrected chi connectivity index (χ2v) is 7.27. The maximum Gasteiger partial charge on any atom is 0.186 e. The van der Waals surface area contributed by atoms with Gasteiger partial charge < -0.3 is 19.6 Å². The molecule has 5 nitrogen and oxygen atoms in total. The highest BCUT2D eigenvalue weighted by atomic mass is 35.5. The SMILES string of the molecule is COc1ccc(Cl)c2sc(N3CCN(c4ccccc4O)CC3)nc12. The first-order chi connectivity index (χ1) is 12.2. The van der Waals surface area contributed by atoms with Crippen LogP contribution in [0, 0.1) is 0 Å². The number of phenols is 1. The molecule has 0 atom stereocenters. The van der Waals surface area contributed by atoms with Gasteiger partial charge in [-0.3, -0.25) is 0 Å². The molecule has 1 aliphatic rings. The average molecular weight is 376 g/mol. The van der Waals surface area contributed by atoms with Crippen LogP contribution in [0.1, 0.15) is 0 Å². The third-order valence-corrected chi connectivity index (χ3v) is 6.02. The molecule has 130 valence electrons. The number of hydrogen-bond acceptors (Lipinski definition) is 6. The number of rotatable bonds is 3. The molecule has 1 saturated heterocycles. The highest BCUT2D eigenvalue weighted by Gasteiger charge is 2.22. The Hall–Kier alpha value is -2.18. The van der Waals surface area contributed by atoms with Crippen molar-refractivity contribution >= 4 is 44.0 Å². The maximum atomic E-state index is 10.0. The van der Waals surface area contributed by atoms with Crippen LogP contribution in [-0.4, -0.2) is 43.4 Å². The first-order valence-electron chi connectivity index (χ1n) is 8.08. The number of thiazole rings is 1. The summed E-state index contributed by atoms with van der Waals surface area (Å²) in [6, 6.07) is 11.2. The topological polar surface area (TPSA) is 48.8 Å². The van der Waals surface area contributed by atoms with E-state index in [9.17, 15) is 5.11 Å². The number of para-hydroxylation sites is 2. The van der Waals surface area contributed by atoms with E-state index in [1.165, 1.54) is 0 Å². The number of anilines is 2. The van der Waals surface area contributed by atoms with Crippen molar-refractivity contribution in [3.05, 3.63) is 41.4 Å². The predicted molar refractivity (Wildman–Crippen MR) is 104 cm³/mol. The maximum absolute atomic E-state index is 10.0. The molecular weight excluding hydrogens is 358 g/mol. The van der Waals surface area contributed by atoms with Crippen molar-refractivity contribution in [1.29, 1.82) is 0 Å². The smallest absolute Gasteiger partial charge is 0.186 e. The second-order valence-electron chi connectivity index (χ2n) is 5.89. The van der Waals surface area contributed by atoms with Gasteiger partial charge >= 0.3 is 0 Å². The molecule has 0 unspecified atom stereocenters. The van der Waals surface area contributed by atoms with Crippen LogP contribution in [0.15, 0.2) is 36.4 Å². The fraction of sp³-hybridized carbons (Fsp3) is 0.278. The zero-order chi connectivity index (χ0) is 17.4. The summed E-state index contributed by atoms with van der Waals surface area (Å²) in [6.45, 7) is 3.35. The van der Waals surface area contributed by atoms with Crippen molar-refractivity contribution in [2.45, 2.75) is 0 Å². The van der Waals surface area contributed by atoms with E-state index in [0.29, 0.717) is 10.8 Å². The van der Waals surface area contributed by atoms with Gasteiger partial charge in [-0.05, 0) is 24.3 Å². The highest BCUT2D eigenvalue weighted by Crippen LogP contribution is 2.39. The lowest BCUT2D eigenvalue weighted by Gasteiger charge is -2.36. The minimum absolute atomic E-state index is 0.326. The first-order valence-corrected chi connectivity index (χ1v) is 9.28. The lowest BCUT2D eigenvalue weighted by Crippen LogP contribution is -2.46. The summed E-state index contributed by atoms with van der Waals surface area (Å²) in [5.41, 5.74) is 1.70. The molecule has 0 radical (unpaired) electrons. The minimum atomic E-state index is 0.326. The number of piperazine rings is 1. The minimum Gasteiger partial charge on any atom is -0.506 e. The van der Waals surface area contributed by atoms with Crippen molar-refractivity contribution in [2.75, 3.05) is 43.1 Å². The van der Waals surface area contributed by atoms with Crippen molar-refractivity contribution < 1.29 is 9.84 Å². The summed E-state index contributed by atoms with van der Waals surface area (Å²) in [7, 11) is 1.65. The molecule has 1 aromatic heterocycles. The molecule has 0 spiro atoms. The molecule has 3 aromatic rings. The summed E-state index contributed by atoms with van der Waals surface area (Å²) >= 11 is 7.91. The van der Waals surface area contributed by atoms with E-state index in [4.69, 9.17) is 21.3 Å². The van der Waals surface area contributed by atoms with Gasteiger partial charge in [0.25, 0.3) is 0 Å². The van der Waals surface area contributed by atoms with Crippen LogP contribution in [0.2, 0.25) is 5.02 Å². The number of aromatic hydroxyl groups is 1. The van der Waals surface area contributed by atoms with Crippen LogP contribution in [-0.2, 0) is 0 Å². The van der Waals surface area contributed by atoms with Crippen molar-refractivity contribution in [2.24, 2.45) is 0 Å². The second kappa shape index (κ2) is 6.61. The Labute approximate surface area is 155 Å². The number of fused-ring (bicyclic) bond motifs is 1. The molecule has 0 saturated carbocycles. The van der Waals surface area contributed by atoms with Gasteiger partial charge in [0.05, 0.1) is 22.5 Å². The lowest BCUT2D eigenvalue weighted by atomic mass is 10.2. The molecule has 0 bridgehead atoms. The van der Waals surface area contributed by atoms with E-state index < -0.39 is 0 Å². The molecule has 0 amide bonds. The fourth-order valence-corrected chi connectivity index (χ4v) is 4.42. The number of methoxy groups -OCH3 is 1. The third-order valence-electron chi connectivity index (χ3n) is 4.44. The number of phenolic OH excluding ortho intramolecular Hbond substituents is 1. The fourth-order valence-electron chi connectivity index (χ4n) is 3.11. The number of ether oxygens (including phenoxy) is 1. The summed E-state index contributed by atoms with van der Waals surface area (Å²) in [5.74, 6) is 1.07. The standard InChI is InChI=1S/C18H18ClN3O2S/c1-24-15-7-6-12(19)17-16(15)20-18(25-17)22-10-8-21(9-11-22)13-4-2-3-5-14(13)23/h2-7,23H,8-11H2,1H3. The zero-order valence-corrected chi connectivity index (χ0v) is 15.3. The molecule has 1 fully saturated rings. The van der Waals surface area contributed by atoms with E-state index >= 15 is 0 Å². The molecule has 25 heavy (non-hydrogen) atoms. The van der Waals surface area contributed by atoms with Gasteiger partial charge in [0.1, 0.15) is 17.0 Å². The number of aromatic nitrogens is 1. The van der Waals surface area contributed by atoms with Gasteiger partial charge in [-0.1, -0.05) is 35.1 Å². The molecule has 1 aliphatic heterocycles. The van der Waals surface area contributed by atoms with Crippen LogP contribution >= 0.6 is 22.9 Å². The van der Waals surface area contributed by atoms with Gasteiger partial charge in [-0.25, -0.2) is 4.98 Å².